The van der Waals surface area contributed by atoms with E-state index in [0.29, 0.717) is 25.3 Å². The molecule has 1 aliphatic rings. The van der Waals surface area contributed by atoms with Crippen LogP contribution in [0.2, 0.25) is 0 Å². The van der Waals surface area contributed by atoms with Crippen molar-refractivity contribution in [2.45, 2.75) is 25.9 Å². The summed E-state index contributed by atoms with van der Waals surface area (Å²) in [7, 11) is 1.59. The highest BCUT2D eigenvalue weighted by Gasteiger charge is 2.31. The van der Waals surface area contributed by atoms with Crippen LogP contribution in [-0.4, -0.2) is 55.7 Å². The van der Waals surface area contributed by atoms with Crippen molar-refractivity contribution < 1.29 is 28.6 Å². The molecule has 1 atom stereocenters. The van der Waals surface area contributed by atoms with E-state index in [1.165, 1.54) is 6.92 Å². The first kappa shape index (κ1) is 18.6. The summed E-state index contributed by atoms with van der Waals surface area (Å²) in [6.45, 7) is 2.50. The molecular formula is C17H22N2O6. The van der Waals surface area contributed by atoms with E-state index in [-0.39, 0.29) is 13.0 Å². The summed E-state index contributed by atoms with van der Waals surface area (Å²) in [6.07, 6.45) is -0.408. The Balaban J connectivity index is 1.66. The van der Waals surface area contributed by atoms with E-state index in [9.17, 15) is 14.4 Å². The van der Waals surface area contributed by atoms with Crippen LogP contribution >= 0.6 is 0 Å². The van der Waals surface area contributed by atoms with Crippen molar-refractivity contribution in [2.75, 3.05) is 26.8 Å². The SMILES string of the molecule is COc1ccc(OCCCC(=O)O[C@H](C)C(=O)N2CCNC2=O)cc1. The van der Waals surface area contributed by atoms with Crippen molar-refractivity contribution in [2.24, 2.45) is 0 Å². The molecule has 1 aliphatic heterocycles. The van der Waals surface area contributed by atoms with E-state index in [0.717, 1.165) is 10.6 Å². The number of carbonyl (C=O) groups excluding carboxylic acids is 3. The molecule has 8 heteroatoms. The van der Waals surface area contributed by atoms with Gasteiger partial charge in [-0.15, -0.1) is 0 Å². The minimum absolute atomic E-state index is 0.125. The van der Waals surface area contributed by atoms with Crippen molar-refractivity contribution in [1.29, 1.82) is 0 Å². The number of methoxy groups -OCH3 is 1. The second-order valence-electron chi connectivity index (χ2n) is 5.48. The van der Waals surface area contributed by atoms with E-state index in [1.807, 2.05) is 0 Å². The molecule has 0 spiro atoms. The highest BCUT2D eigenvalue weighted by Crippen LogP contribution is 2.17. The van der Waals surface area contributed by atoms with Crippen LogP contribution in [0.3, 0.4) is 0 Å². The Bertz CT molecular complexity index is 616. The largest absolute Gasteiger partial charge is 0.497 e. The van der Waals surface area contributed by atoms with Crippen molar-refractivity contribution in [3.8, 4) is 11.5 Å². The van der Waals surface area contributed by atoms with Crippen LogP contribution in [0.25, 0.3) is 0 Å². The normalized spacial score (nSPS) is 14.6. The van der Waals surface area contributed by atoms with Crippen LogP contribution in [0.5, 0.6) is 11.5 Å². The average molecular weight is 350 g/mol. The first-order chi connectivity index (χ1) is 12.0. The molecule has 1 aromatic carbocycles. The molecule has 3 amide bonds. The quantitative estimate of drug-likeness (QED) is 0.562. The summed E-state index contributed by atoms with van der Waals surface area (Å²) in [5.41, 5.74) is 0. The van der Waals surface area contributed by atoms with Crippen LogP contribution in [0.1, 0.15) is 19.8 Å². The summed E-state index contributed by atoms with van der Waals surface area (Å²) in [5, 5.41) is 2.52. The number of benzene rings is 1. The van der Waals surface area contributed by atoms with Gasteiger partial charge < -0.3 is 19.5 Å². The Labute approximate surface area is 146 Å². The molecule has 0 bridgehead atoms. The minimum Gasteiger partial charge on any atom is -0.497 e. The Morgan fingerprint density at radius 2 is 1.92 bits per heavy atom. The van der Waals surface area contributed by atoms with Gasteiger partial charge in [0.05, 0.1) is 13.7 Å². The molecule has 0 aliphatic carbocycles. The lowest BCUT2D eigenvalue weighted by Crippen LogP contribution is -2.41. The predicted molar refractivity (Wildman–Crippen MR) is 88.4 cm³/mol. The van der Waals surface area contributed by atoms with Crippen molar-refractivity contribution in [3.05, 3.63) is 24.3 Å². The third kappa shape index (κ3) is 5.37. The molecule has 1 N–H and O–H groups in total. The average Bonchev–Trinajstić information content (AvgIpc) is 3.04. The van der Waals surface area contributed by atoms with Crippen LogP contribution < -0.4 is 14.8 Å². The number of imide groups is 1. The third-order valence-corrected chi connectivity index (χ3v) is 3.63. The number of hydrogen-bond acceptors (Lipinski definition) is 6. The molecule has 0 aromatic heterocycles. The Morgan fingerprint density at radius 3 is 2.52 bits per heavy atom. The zero-order valence-electron chi connectivity index (χ0n) is 14.3. The van der Waals surface area contributed by atoms with Gasteiger partial charge in [-0.2, -0.15) is 0 Å². The number of rotatable bonds is 8. The number of nitrogens with one attached hydrogen (secondary N) is 1. The molecule has 2 rings (SSSR count). The number of hydrogen-bond donors (Lipinski definition) is 1. The van der Waals surface area contributed by atoms with Gasteiger partial charge in [0.1, 0.15) is 11.5 Å². The van der Waals surface area contributed by atoms with E-state index < -0.39 is 24.0 Å². The smallest absolute Gasteiger partial charge is 0.324 e. The molecule has 0 unspecified atom stereocenters. The maximum atomic E-state index is 12.0. The molecular weight excluding hydrogens is 328 g/mol. The summed E-state index contributed by atoms with van der Waals surface area (Å²) in [5.74, 6) is 0.399. The van der Waals surface area contributed by atoms with Crippen molar-refractivity contribution >= 4 is 17.9 Å². The van der Waals surface area contributed by atoms with Crippen LogP contribution in [-0.2, 0) is 14.3 Å². The van der Waals surface area contributed by atoms with Gasteiger partial charge in [0.25, 0.3) is 5.91 Å². The summed E-state index contributed by atoms with van der Waals surface area (Å²) < 4.78 is 15.6. The highest BCUT2D eigenvalue weighted by atomic mass is 16.5. The molecule has 0 radical (unpaired) electrons. The second-order valence-corrected chi connectivity index (χ2v) is 5.48. The molecule has 8 nitrogen and oxygen atoms in total. The zero-order valence-corrected chi connectivity index (χ0v) is 14.3. The zero-order chi connectivity index (χ0) is 18.2. The number of amides is 3. The van der Waals surface area contributed by atoms with Gasteiger partial charge in [-0.3, -0.25) is 14.5 Å². The Kier molecular flexibility index (Phi) is 6.62. The van der Waals surface area contributed by atoms with Gasteiger partial charge in [0.15, 0.2) is 6.10 Å². The van der Waals surface area contributed by atoms with Gasteiger partial charge in [0.2, 0.25) is 0 Å². The van der Waals surface area contributed by atoms with Gasteiger partial charge in [-0.05, 0) is 37.6 Å². The van der Waals surface area contributed by atoms with Gasteiger partial charge in [0, 0.05) is 19.5 Å². The first-order valence-corrected chi connectivity index (χ1v) is 8.07. The Morgan fingerprint density at radius 1 is 1.24 bits per heavy atom. The number of ether oxygens (including phenoxy) is 3. The number of carbonyl (C=O) groups is 3. The molecule has 1 aromatic rings. The fourth-order valence-electron chi connectivity index (χ4n) is 2.29. The number of nitrogens with zero attached hydrogens (tertiary/aromatic N) is 1. The van der Waals surface area contributed by atoms with Gasteiger partial charge in [-0.25, -0.2) is 4.79 Å². The topological polar surface area (TPSA) is 94.2 Å². The maximum Gasteiger partial charge on any atom is 0.324 e. The lowest BCUT2D eigenvalue weighted by molar-refractivity contribution is -0.157. The van der Waals surface area contributed by atoms with Crippen LogP contribution in [0.15, 0.2) is 24.3 Å². The number of urea groups is 1. The monoisotopic (exact) mass is 350 g/mol. The minimum atomic E-state index is -0.987. The van der Waals surface area contributed by atoms with E-state index in [4.69, 9.17) is 14.2 Å². The first-order valence-electron chi connectivity index (χ1n) is 8.07. The van der Waals surface area contributed by atoms with Crippen molar-refractivity contribution in [3.63, 3.8) is 0 Å². The summed E-state index contributed by atoms with van der Waals surface area (Å²) in [4.78, 5) is 36.3. The third-order valence-electron chi connectivity index (χ3n) is 3.63. The summed E-state index contributed by atoms with van der Waals surface area (Å²) >= 11 is 0. The van der Waals surface area contributed by atoms with E-state index in [1.54, 1.807) is 31.4 Å². The van der Waals surface area contributed by atoms with Crippen LogP contribution in [0, 0.1) is 0 Å². The molecule has 25 heavy (non-hydrogen) atoms. The van der Waals surface area contributed by atoms with Crippen LogP contribution in [0.4, 0.5) is 4.79 Å². The molecule has 1 saturated heterocycles. The summed E-state index contributed by atoms with van der Waals surface area (Å²) in [6, 6.07) is 6.66. The van der Waals surface area contributed by atoms with E-state index in [2.05, 4.69) is 5.32 Å². The molecule has 1 heterocycles. The fraction of sp³-hybridized carbons (Fsp3) is 0.471. The van der Waals surface area contributed by atoms with Gasteiger partial charge >= 0.3 is 12.0 Å². The van der Waals surface area contributed by atoms with Crippen molar-refractivity contribution in [1.82, 2.24) is 10.2 Å². The Hall–Kier alpha value is -2.77. The number of esters is 1. The lowest BCUT2D eigenvalue weighted by Gasteiger charge is -2.18. The lowest BCUT2D eigenvalue weighted by atomic mass is 10.3. The fourth-order valence-corrected chi connectivity index (χ4v) is 2.29. The molecule has 136 valence electrons. The molecule has 1 fully saturated rings. The standard InChI is InChI=1S/C17H22N2O6/c1-12(16(21)19-10-9-18-17(19)22)25-15(20)4-3-11-24-14-7-5-13(23-2)6-8-14/h5-8,12H,3-4,9-11H2,1-2H3,(H,18,22)/t12-/m1/s1. The van der Waals surface area contributed by atoms with Gasteiger partial charge in [-0.1, -0.05) is 0 Å². The highest BCUT2D eigenvalue weighted by molar-refractivity contribution is 5.98. The molecule has 0 saturated carbocycles. The maximum absolute atomic E-state index is 12.0. The second kappa shape index (κ2) is 8.91. The predicted octanol–water partition coefficient (Wildman–Crippen LogP) is 1.34. The van der Waals surface area contributed by atoms with E-state index >= 15 is 0 Å².